The molecular weight excluding hydrogens is 174 g/mol. The molecule has 1 unspecified atom stereocenters. The van der Waals surface area contributed by atoms with Gasteiger partial charge in [0.25, 0.3) is 0 Å². The summed E-state index contributed by atoms with van der Waals surface area (Å²) in [4.78, 5) is 11.1. The third-order valence-electron chi connectivity index (χ3n) is 2.55. The summed E-state index contributed by atoms with van der Waals surface area (Å²) in [5.41, 5.74) is 0. The fraction of sp³-hybridized carbons (Fsp3) is 0.857. The number of hydrazine groups is 1. The first-order valence-electron chi connectivity index (χ1n) is 4.20. The molecule has 68 valence electrons. The summed E-state index contributed by atoms with van der Waals surface area (Å²) >= 11 is 1.90. The lowest BCUT2D eigenvalue weighted by atomic mass is 10.1. The monoisotopic (exact) mass is 187 g/mol. The number of carbonyl (C=O) groups excluding carboxylic acids is 1. The van der Waals surface area contributed by atoms with E-state index in [1.807, 2.05) is 11.8 Å². The van der Waals surface area contributed by atoms with Gasteiger partial charge in [-0.05, 0) is 6.42 Å². The zero-order valence-electron chi connectivity index (χ0n) is 6.99. The molecule has 3 N–H and O–H groups in total. The van der Waals surface area contributed by atoms with Gasteiger partial charge in [-0.25, -0.2) is 10.6 Å². The number of fused-ring (bicyclic) bond motifs is 1. The summed E-state index contributed by atoms with van der Waals surface area (Å²) in [6.07, 6.45) is 1.08. The third-order valence-corrected chi connectivity index (χ3v) is 4.14. The standard InChI is InChI=1S/C7H13N3OS/c1-2-5-6-4(3-12-5)9-7(11)10(6)8/h4-6H,2-3,8H2,1H3,(H,9,11)/t4-,5?,6-/m0/s1. The van der Waals surface area contributed by atoms with E-state index in [0.29, 0.717) is 5.25 Å². The summed E-state index contributed by atoms with van der Waals surface area (Å²) in [7, 11) is 0. The maximum Gasteiger partial charge on any atom is 0.332 e. The van der Waals surface area contributed by atoms with Crippen LogP contribution in [-0.2, 0) is 0 Å². The van der Waals surface area contributed by atoms with E-state index in [1.165, 1.54) is 5.01 Å². The third kappa shape index (κ3) is 0.998. The van der Waals surface area contributed by atoms with Crippen molar-refractivity contribution in [2.45, 2.75) is 30.7 Å². The average molecular weight is 187 g/mol. The number of hydrogen-bond donors (Lipinski definition) is 2. The number of nitrogens with one attached hydrogen (secondary N) is 1. The number of rotatable bonds is 1. The van der Waals surface area contributed by atoms with Crippen molar-refractivity contribution in [1.29, 1.82) is 0 Å². The Morgan fingerprint density at radius 2 is 2.58 bits per heavy atom. The van der Waals surface area contributed by atoms with Crippen LogP contribution in [0.5, 0.6) is 0 Å². The van der Waals surface area contributed by atoms with Crippen molar-refractivity contribution < 1.29 is 4.79 Å². The molecule has 0 spiro atoms. The summed E-state index contributed by atoms with van der Waals surface area (Å²) < 4.78 is 0. The quantitative estimate of drug-likeness (QED) is 0.349. The van der Waals surface area contributed by atoms with Gasteiger partial charge in [-0.3, -0.25) is 5.01 Å². The highest BCUT2D eigenvalue weighted by atomic mass is 32.2. The molecule has 2 heterocycles. The Bertz CT molecular complexity index is 211. The average Bonchev–Trinajstić information content (AvgIpc) is 2.55. The Hall–Kier alpha value is -0.420. The van der Waals surface area contributed by atoms with E-state index in [-0.39, 0.29) is 18.1 Å². The Morgan fingerprint density at radius 3 is 3.25 bits per heavy atom. The highest BCUT2D eigenvalue weighted by Gasteiger charge is 2.46. The Morgan fingerprint density at radius 1 is 1.83 bits per heavy atom. The van der Waals surface area contributed by atoms with Gasteiger partial charge in [-0.2, -0.15) is 11.8 Å². The lowest BCUT2D eigenvalue weighted by Gasteiger charge is -2.21. The van der Waals surface area contributed by atoms with Crippen LogP contribution in [0.3, 0.4) is 0 Å². The molecule has 0 aliphatic carbocycles. The van der Waals surface area contributed by atoms with E-state index in [2.05, 4.69) is 12.2 Å². The topological polar surface area (TPSA) is 58.4 Å². The minimum Gasteiger partial charge on any atom is -0.331 e. The van der Waals surface area contributed by atoms with Crippen LogP contribution in [0.4, 0.5) is 4.79 Å². The summed E-state index contributed by atoms with van der Waals surface area (Å²) in [5.74, 6) is 6.64. The first kappa shape index (κ1) is 8.19. The maximum atomic E-state index is 11.1. The van der Waals surface area contributed by atoms with Gasteiger partial charge in [0.2, 0.25) is 0 Å². The van der Waals surface area contributed by atoms with Crippen LogP contribution in [0, 0.1) is 0 Å². The van der Waals surface area contributed by atoms with Crippen LogP contribution in [-0.4, -0.2) is 34.1 Å². The van der Waals surface area contributed by atoms with E-state index in [1.54, 1.807) is 0 Å². The zero-order valence-corrected chi connectivity index (χ0v) is 7.80. The summed E-state index contributed by atoms with van der Waals surface area (Å²) in [6.45, 7) is 2.14. The molecule has 0 aromatic carbocycles. The van der Waals surface area contributed by atoms with Crippen molar-refractivity contribution in [3.8, 4) is 0 Å². The van der Waals surface area contributed by atoms with Crippen LogP contribution < -0.4 is 11.2 Å². The molecule has 12 heavy (non-hydrogen) atoms. The second-order valence-electron chi connectivity index (χ2n) is 3.23. The molecule has 2 fully saturated rings. The van der Waals surface area contributed by atoms with E-state index < -0.39 is 0 Å². The number of hydrogen-bond acceptors (Lipinski definition) is 3. The van der Waals surface area contributed by atoms with E-state index >= 15 is 0 Å². The van der Waals surface area contributed by atoms with E-state index in [9.17, 15) is 4.79 Å². The fourth-order valence-corrected chi connectivity index (χ4v) is 3.40. The summed E-state index contributed by atoms with van der Waals surface area (Å²) in [6, 6.07) is 0.369. The van der Waals surface area contributed by atoms with Gasteiger partial charge in [0.1, 0.15) is 0 Å². The number of thioether (sulfide) groups is 1. The van der Waals surface area contributed by atoms with Gasteiger partial charge in [0.05, 0.1) is 12.1 Å². The normalized spacial score (nSPS) is 40.0. The summed E-state index contributed by atoms with van der Waals surface area (Å²) in [5, 5.41) is 4.74. The van der Waals surface area contributed by atoms with Crippen LogP contribution in [0.2, 0.25) is 0 Å². The van der Waals surface area contributed by atoms with Gasteiger partial charge in [-0.1, -0.05) is 6.92 Å². The van der Waals surface area contributed by atoms with Gasteiger partial charge in [-0.15, -0.1) is 0 Å². The largest absolute Gasteiger partial charge is 0.332 e. The second kappa shape index (κ2) is 2.81. The van der Waals surface area contributed by atoms with Crippen LogP contribution in [0.25, 0.3) is 0 Å². The molecule has 5 heteroatoms. The first-order chi connectivity index (χ1) is 5.74. The molecular formula is C7H13N3OS. The molecule has 2 aliphatic rings. The molecule has 0 radical (unpaired) electrons. The van der Waals surface area contributed by atoms with Crippen molar-refractivity contribution in [1.82, 2.24) is 10.3 Å². The van der Waals surface area contributed by atoms with Crippen molar-refractivity contribution in [2.75, 3.05) is 5.75 Å². The molecule has 0 saturated carbocycles. The second-order valence-corrected chi connectivity index (χ2v) is 4.51. The fourth-order valence-electron chi connectivity index (χ4n) is 1.91. The zero-order chi connectivity index (χ0) is 8.72. The molecule has 3 atom stereocenters. The first-order valence-corrected chi connectivity index (χ1v) is 5.25. The lowest BCUT2D eigenvalue weighted by Crippen LogP contribution is -2.45. The van der Waals surface area contributed by atoms with E-state index in [0.717, 1.165) is 12.2 Å². The van der Waals surface area contributed by atoms with E-state index in [4.69, 9.17) is 5.84 Å². The molecule has 0 aromatic rings. The van der Waals surface area contributed by atoms with Crippen molar-refractivity contribution in [3.05, 3.63) is 0 Å². The smallest absolute Gasteiger partial charge is 0.331 e. The van der Waals surface area contributed by atoms with Gasteiger partial charge < -0.3 is 5.32 Å². The number of urea groups is 1. The van der Waals surface area contributed by atoms with Crippen molar-refractivity contribution in [3.63, 3.8) is 0 Å². The highest BCUT2D eigenvalue weighted by Crippen LogP contribution is 2.34. The molecule has 0 bridgehead atoms. The molecule has 2 rings (SSSR count). The molecule has 2 saturated heterocycles. The Labute approximate surface area is 75.8 Å². The highest BCUT2D eigenvalue weighted by molar-refractivity contribution is 8.00. The van der Waals surface area contributed by atoms with Crippen LogP contribution in [0.1, 0.15) is 13.3 Å². The molecule has 2 aliphatic heterocycles. The van der Waals surface area contributed by atoms with Gasteiger partial charge >= 0.3 is 6.03 Å². The Balaban J connectivity index is 2.15. The molecule has 2 amide bonds. The van der Waals surface area contributed by atoms with Crippen LogP contribution >= 0.6 is 11.8 Å². The molecule has 0 aromatic heterocycles. The van der Waals surface area contributed by atoms with Gasteiger partial charge in [0.15, 0.2) is 0 Å². The lowest BCUT2D eigenvalue weighted by molar-refractivity contribution is 0.203. The van der Waals surface area contributed by atoms with Crippen LogP contribution in [0.15, 0.2) is 0 Å². The number of nitrogens with two attached hydrogens (primary N) is 1. The predicted octanol–water partition coefficient (Wildman–Crippen LogP) is 0.148. The number of carbonyl (C=O) groups is 1. The minimum atomic E-state index is -0.122. The minimum absolute atomic E-state index is 0.122. The van der Waals surface area contributed by atoms with Gasteiger partial charge in [0, 0.05) is 11.0 Å². The van der Waals surface area contributed by atoms with Crippen molar-refractivity contribution >= 4 is 17.8 Å². The maximum absolute atomic E-state index is 11.1. The number of nitrogens with zero attached hydrogens (tertiary/aromatic N) is 1. The Kier molecular flexibility index (Phi) is 1.92. The predicted molar refractivity (Wildman–Crippen MR) is 48.7 cm³/mol. The molecule has 4 nitrogen and oxygen atoms in total. The SMILES string of the molecule is CCC1SC[C@@H]2NC(=O)N(N)[C@H]12. The number of amides is 2. The van der Waals surface area contributed by atoms with Crippen molar-refractivity contribution in [2.24, 2.45) is 5.84 Å².